The molecule has 0 fully saturated rings. The molecule has 13 aromatic rings. The molecule has 0 spiro atoms. The predicted molar refractivity (Wildman–Crippen MR) is 253 cm³/mol. The minimum atomic E-state index is 0.0365. The zero-order chi connectivity index (χ0) is 38.3. The zero-order valence-electron chi connectivity index (χ0n) is 32.1. The van der Waals surface area contributed by atoms with E-state index in [1.165, 1.54) is 143 Å². The van der Waals surface area contributed by atoms with Gasteiger partial charge in [-0.25, -0.2) is 0 Å². The summed E-state index contributed by atoms with van der Waals surface area (Å²) in [4.78, 5) is 0. The van der Waals surface area contributed by atoms with Gasteiger partial charge in [-0.3, -0.25) is 0 Å². The van der Waals surface area contributed by atoms with E-state index in [1.54, 1.807) is 0 Å². The normalized spacial score (nSPS) is 13.9. The molecule has 0 saturated heterocycles. The average molecular weight is 754 g/mol. The molecule has 0 saturated carbocycles. The molecule has 8 heterocycles. The maximum atomic E-state index is 2.66. The third kappa shape index (κ3) is 2.93. The number of hydrogen-bond donors (Lipinski definition) is 0. The minimum absolute atomic E-state index is 0.0365. The molecule has 0 N–H and O–H groups in total. The molecule has 270 valence electrons. The van der Waals surface area contributed by atoms with Crippen molar-refractivity contribution in [1.82, 2.24) is 18.3 Å². The Hall–Kier alpha value is -7.69. The van der Waals surface area contributed by atoms with E-state index >= 15 is 0 Å². The van der Waals surface area contributed by atoms with Crippen molar-refractivity contribution < 1.29 is 0 Å². The van der Waals surface area contributed by atoms with Crippen molar-refractivity contribution in [1.29, 1.82) is 0 Å². The molecule has 9 aromatic carbocycles. The zero-order valence-corrected chi connectivity index (χ0v) is 32.1. The first-order valence-corrected chi connectivity index (χ1v) is 21.2. The van der Waals surface area contributed by atoms with Crippen LogP contribution in [-0.2, 0) is 0 Å². The number of rotatable bonds is 0. The highest BCUT2D eigenvalue weighted by Gasteiger charge is 2.47. The van der Waals surface area contributed by atoms with Crippen molar-refractivity contribution in [2.45, 2.75) is 0 Å². The Bertz CT molecular complexity index is 3990. The van der Waals surface area contributed by atoms with Crippen LogP contribution in [-0.4, -0.2) is 31.7 Å². The molecular formula is C54H28B2N4. The van der Waals surface area contributed by atoms with Crippen molar-refractivity contribution in [2.75, 3.05) is 0 Å². The molecule has 0 unspecified atom stereocenters. The largest absolute Gasteiger partial charge is 0.310 e. The molecule has 4 aromatic heterocycles. The molecule has 4 aliphatic rings. The van der Waals surface area contributed by atoms with Crippen LogP contribution in [0.1, 0.15) is 0 Å². The molecule has 0 aliphatic carbocycles. The summed E-state index contributed by atoms with van der Waals surface area (Å²) in [5.41, 5.74) is 24.0. The Balaban J connectivity index is 1.16. The van der Waals surface area contributed by atoms with Crippen molar-refractivity contribution in [3.63, 3.8) is 0 Å². The highest BCUT2D eigenvalue weighted by Crippen LogP contribution is 2.45. The number of para-hydroxylation sites is 6. The molecule has 17 rings (SSSR count). The summed E-state index contributed by atoms with van der Waals surface area (Å²) < 4.78 is 10.5. The third-order valence-corrected chi connectivity index (χ3v) is 15.1. The van der Waals surface area contributed by atoms with Gasteiger partial charge in [0.05, 0.1) is 22.1 Å². The highest BCUT2D eigenvalue weighted by molar-refractivity contribution is 7.05. The molecule has 6 heteroatoms. The van der Waals surface area contributed by atoms with Crippen LogP contribution in [0, 0.1) is 0 Å². The van der Waals surface area contributed by atoms with E-state index in [0.717, 1.165) is 0 Å². The summed E-state index contributed by atoms with van der Waals surface area (Å²) >= 11 is 0. The number of nitrogens with zero attached hydrogens (tertiary/aromatic N) is 4. The number of hydrogen-bond acceptors (Lipinski definition) is 0. The van der Waals surface area contributed by atoms with Crippen LogP contribution in [0.4, 0.5) is 0 Å². The van der Waals surface area contributed by atoms with Gasteiger partial charge in [-0.2, -0.15) is 0 Å². The van der Waals surface area contributed by atoms with Crippen LogP contribution in [0.2, 0.25) is 0 Å². The lowest BCUT2D eigenvalue weighted by molar-refractivity contribution is 1.14. The van der Waals surface area contributed by atoms with Gasteiger partial charge in [0.15, 0.2) is 0 Å². The summed E-state index contributed by atoms with van der Waals surface area (Å²) in [5, 5.41) is 10.7. The maximum absolute atomic E-state index is 2.66. The van der Waals surface area contributed by atoms with Crippen molar-refractivity contribution in [3.8, 4) is 22.7 Å². The van der Waals surface area contributed by atoms with Gasteiger partial charge < -0.3 is 18.3 Å². The van der Waals surface area contributed by atoms with E-state index in [2.05, 4.69) is 188 Å². The van der Waals surface area contributed by atoms with Gasteiger partial charge in [-0.05, 0) is 81.3 Å². The summed E-state index contributed by atoms with van der Waals surface area (Å²) in [6.07, 6.45) is 0. The molecule has 60 heavy (non-hydrogen) atoms. The van der Waals surface area contributed by atoms with Gasteiger partial charge in [0.25, 0.3) is 13.4 Å². The summed E-state index contributed by atoms with van der Waals surface area (Å²) in [7, 11) is 0. The van der Waals surface area contributed by atoms with Crippen molar-refractivity contribution >= 4 is 133 Å². The third-order valence-electron chi connectivity index (χ3n) is 15.1. The fourth-order valence-corrected chi connectivity index (χ4v) is 13.3. The minimum Gasteiger partial charge on any atom is -0.310 e. The second kappa shape index (κ2) is 9.60. The van der Waals surface area contributed by atoms with Crippen molar-refractivity contribution in [2.24, 2.45) is 0 Å². The molecule has 4 nitrogen and oxygen atoms in total. The Kier molecular flexibility index (Phi) is 4.72. The van der Waals surface area contributed by atoms with E-state index in [9.17, 15) is 0 Å². The second-order valence-electron chi connectivity index (χ2n) is 17.5. The second-order valence-corrected chi connectivity index (χ2v) is 17.5. The van der Waals surface area contributed by atoms with Gasteiger partial charge in [-0.15, -0.1) is 0 Å². The first-order chi connectivity index (χ1) is 29.9. The topological polar surface area (TPSA) is 19.7 Å². The highest BCUT2D eigenvalue weighted by atomic mass is 15.1. The van der Waals surface area contributed by atoms with Gasteiger partial charge in [0.2, 0.25) is 0 Å². The number of aromatic nitrogens is 4. The number of fused-ring (bicyclic) bond motifs is 22. The fraction of sp³-hybridized carbons (Fsp3) is 0. The monoisotopic (exact) mass is 754 g/mol. The van der Waals surface area contributed by atoms with Gasteiger partial charge in [0.1, 0.15) is 0 Å². The summed E-state index contributed by atoms with van der Waals surface area (Å²) in [6.45, 7) is 0.0729. The molecule has 0 bridgehead atoms. The Morgan fingerprint density at radius 2 is 0.567 bits per heavy atom. The van der Waals surface area contributed by atoms with Crippen molar-refractivity contribution in [3.05, 3.63) is 170 Å². The molecular weight excluding hydrogens is 726 g/mol. The van der Waals surface area contributed by atoms with E-state index in [4.69, 9.17) is 0 Å². The Labute approximate surface area is 342 Å². The molecule has 0 radical (unpaired) electrons. The lowest BCUT2D eigenvalue weighted by atomic mass is 9.31. The Morgan fingerprint density at radius 1 is 0.250 bits per heavy atom. The van der Waals surface area contributed by atoms with Gasteiger partial charge in [0, 0.05) is 87.9 Å². The smallest absolute Gasteiger partial charge is 0.253 e. The van der Waals surface area contributed by atoms with Gasteiger partial charge >= 0.3 is 0 Å². The number of benzene rings is 9. The van der Waals surface area contributed by atoms with E-state index < -0.39 is 0 Å². The van der Waals surface area contributed by atoms with Crippen LogP contribution in [0.15, 0.2) is 170 Å². The molecule has 0 amide bonds. The molecule has 0 atom stereocenters. The first kappa shape index (κ1) is 29.5. The first-order valence-electron chi connectivity index (χ1n) is 21.2. The fourth-order valence-electron chi connectivity index (χ4n) is 13.3. The average Bonchev–Trinajstić information content (AvgIpc) is 4.04. The van der Waals surface area contributed by atoms with Crippen LogP contribution >= 0.6 is 0 Å². The van der Waals surface area contributed by atoms with E-state index in [1.807, 2.05) is 0 Å². The standard InChI is InChI=1S/C54H28B2N4/c1-5-21-37-29(13-1)31-17-9-19-35-51(31)57(37)41-25-11-27-43-47(41)55(35)49-45-33-15-3-8-24-40(33)60-44-28-12-26-42-48(44)56(36-20-10-18-32-30-14-2-6-22-38(30)58(42)52(32)36)50(54(45)60)46-34-16-4-7-23-39(34)59(43)53(46)49/h1-28H. The SMILES string of the molecule is c1cc2c3c(c1)-n1c4ccccc4c4c5c6c(c(c41)B3c1cccc3c4ccccc4n-2c13)c1ccccc1n6-c1cccc2c1B5c1cccc3c4ccccc4n-2c13. The lowest BCUT2D eigenvalue weighted by Gasteiger charge is -2.37. The molecule has 4 aliphatic heterocycles. The lowest BCUT2D eigenvalue weighted by Crippen LogP contribution is -2.62. The van der Waals surface area contributed by atoms with Crippen LogP contribution in [0.3, 0.4) is 0 Å². The quantitative estimate of drug-likeness (QED) is 0.139. The van der Waals surface area contributed by atoms with E-state index in [-0.39, 0.29) is 13.4 Å². The van der Waals surface area contributed by atoms with E-state index in [0.29, 0.717) is 0 Å². The summed E-state index contributed by atoms with van der Waals surface area (Å²) in [5.74, 6) is 0. The summed E-state index contributed by atoms with van der Waals surface area (Å²) in [6, 6.07) is 64.8. The maximum Gasteiger partial charge on any atom is 0.253 e. The van der Waals surface area contributed by atoms with Crippen LogP contribution in [0.5, 0.6) is 0 Å². The predicted octanol–water partition coefficient (Wildman–Crippen LogP) is 8.36. The van der Waals surface area contributed by atoms with Crippen LogP contribution in [0.25, 0.3) is 110 Å². The Morgan fingerprint density at radius 3 is 0.983 bits per heavy atom. The van der Waals surface area contributed by atoms with Gasteiger partial charge in [-0.1, -0.05) is 121 Å². The van der Waals surface area contributed by atoms with Crippen LogP contribution < -0.4 is 32.8 Å².